The highest BCUT2D eigenvalue weighted by Gasteiger charge is 2.20. The summed E-state index contributed by atoms with van der Waals surface area (Å²) in [5.41, 5.74) is 3.33. The number of aromatic nitrogens is 1. The number of carbonyl (C=O) groups is 2. The third kappa shape index (κ3) is 3.83. The van der Waals surface area contributed by atoms with Crippen LogP contribution in [0.1, 0.15) is 19.4 Å². The summed E-state index contributed by atoms with van der Waals surface area (Å²) in [5.74, 6) is -0.480. The van der Waals surface area contributed by atoms with Crippen LogP contribution in [0.5, 0.6) is 0 Å². The lowest BCUT2D eigenvalue weighted by atomic mass is 10.1. The number of carbonyl (C=O) groups excluding carboxylic acids is 2. The third-order valence-corrected chi connectivity index (χ3v) is 5.35. The van der Waals surface area contributed by atoms with Crippen LogP contribution >= 0.6 is 11.3 Å². The van der Waals surface area contributed by atoms with E-state index in [-0.39, 0.29) is 0 Å². The molecule has 0 saturated heterocycles. The topological polar surface area (TPSA) is 72.4 Å². The summed E-state index contributed by atoms with van der Waals surface area (Å²) in [6, 6.07) is 11.2. The van der Waals surface area contributed by atoms with Crippen molar-refractivity contribution >= 4 is 34.2 Å². The van der Waals surface area contributed by atoms with Crippen LogP contribution in [0.2, 0.25) is 0 Å². The molecule has 2 aromatic heterocycles. The number of aryl methyl sites for hydroxylation is 1. The monoisotopic (exact) mass is 385 g/mol. The van der Waals surface area contributed by atoms with Crippen molar-refractivity contribution in [3.63, 3.8) is 0 Å². The van der Waals surface area contributed by atoms with E-state index in [0.717, 1.165) is 33.6 Å². The van der Waals surface area contributed by atoms with Gasteiger partial charge in [-0.2, -0.15) is 0 Å². The van der Waals surface area contributed by atoms with Crippen LogP contribution in [0.25, 0.3) is 21.5 Å². The van der Waals surface area contributed by atoms with E-state index in [1.54, 1.807) is 18.3 Å². The fraction of sp³-hybridized carbons (Fsp3) is 0.300. The molecule has 142 valence electrons. The number of para-hydroxylation sites is 1. The number of hydrogen-bond acceptors (Lipinski definition) is 4. The molecule has 3 rings (SSSR count). The van der Waals surface area contributed by atoms with Crippen molar-refractivity contribution in [2.75, 3.05) is 7.11 Å². The molecule has 6 nitrogen and oxygen atoms in total. The predicted molar refractivity (Wildman–Crippen MR) is 108 cm³/mol. The number of urea groups is 1. The molecule has 0 aliphatic carbocycles. The minimum absolute atomic E-state index is 0.362. The van der Waals surface area contributed by atoms with E-state index in [0.29, 0.717) is 6.54 Å². The minimum atomic E-state index is -0.705. The van der Waals surface area contributed by atoms with Crippen molar-refractivity contribution in [3.05, 3.63) is 47.3 Å². The molecule has 27 heavy (non-hydrogen) atoms. The normalized spacial score (nSPS) is 12.0. The van der Waals surface area contributed by atoms with Crippen LogP contribution in [-0.2, 0) is 22.6 Å². The number of ether oxygens (including phenoxy) is 1. The highest BCUT2D eigenvalue weighted by atomic mass is 32.1. The second-order valence-corrected chi connectivity index (χ2v) is 7.09. The van der Waals surface area contributed by atoms with Gasteiger partial charge in [0.05, 0.1) is 17.7 Å². The quantitative estimate of drug-likeness (QED) is 0.635. The third-order valence-electron chi connectivity index (χ3n) is 4.47. The Labute approximate surface area is 162 Å². The van der Waals surface area contributed by atoms with E-state index in [4.69, 9.17) is 0 Å². The predicted octanol–water partition coefficient (Wildman–Crippen LogP) is 3.75. The summed E-state index contributed by atoms with van der Waals surface area (Å²) >= 11 is 1.68. The number of thiophene rings is 1. The highest BCUT2D eigenvalue weighted by Crippen LogP contribution is 2.36. The highest BCUT2D eigenvalue weighted by molar-refractivity contribution is 7.13. The Bertz CT molecular complexity index is 947. The summed E-state index contributed by atoms with van der Waals surface area (Å²) < 4.78 is 6.91. The Morgan fingerprint density at radius 1 is 1.22 bits per heavy atom. The fourth-order valence-electron chi connectivity index (χ4n) is 3.23. The molecular formula is C20H23N3O3S. The Hall–Kier alpha value is -2.80. The van der Waals surface area contributed by atoms with E-state index >= 15 is 0 Å². The van der Waals surface area contributed by atoms with Gasteiger partial charge < -0.3 is 19.9 Å². The average molecular weight is 385 g/mol. The number of fused-ring (bicyclic) bond motifs is 1. The van der Waals surface area contributed by atoms with Crippen LogP contribution in [0, 0.1) is 0 Å². The summed E-state index contributed by atoms with van der Waals surface area (Å²) in [4.78, 5) is 24.9. The minimum Gasteiger partial charge on any atom is -0.467 e. The molecule has 1 aromatic carbocycles. The van der Waals surface area contributed by atoms with Gasteiger partial charge in [-0.1, -0.05) is 24.3 Å². The SMILES string of the molecule is CCn1c(-c2cccs2)c(CNC(=O)NC(C)C(=O)OC)c2ccccc21. The number of rotatable bonds is 6. The lowest BCUT2D eigenvalue weighted by Crippen LogP contribution is -2.44. The van der Waals surface area contributed by atoms with Crippen LogP contribution in [0.15, 0.2) is 41.8 Å². The fourth-order valence-corrected chi connectivity index (χ4v) is 4.04. The van der Waals surface area contributed by atoms with Gasteiger partial charge in [-0.15, -0.1) is 11.3 Å². The first-order valence-corrected chi connectivity index (χ1v) is 9.71. The van der Waals surface area contributed by atoms with Crippen molar-refractivity contribution in [3.8, 4) is 10.6 Å². The first-order valence-electron chi connectivity index (χ1n) is 8.83. The van der Waals surface area contributed by atoms with E-state index in [1.807, 2.05) is 18.2 Å². The van der Waals surface area contributed by atoms with Gasteiger partial charge in [0.15, 0.2) is 0 Å². The van der Waals surface area contributed by atoms with Gasteiger partial charge in [0, 0.05) is 29.6 Å². The number of methoxy groups -OCH3 is 1. The maximum Gasteiger partial charge on any atom is 0.328 e. The molecule has 3 aromatic rings. The number of amides is 2. The molecule has 1 unspecified atom stereocenters. The second kappa shape index (κ2) is 8.26. The first-order chi connectivity index (χ1) is 13.1. The lowest BCUT2D eigenvalue weighted by molar-refractivity contribution is -0.142. The van der Waals surface area contributed by atoms with Crippen molar-refractivity contribution in [1.82, 2.24) is 15.2 Å². The molecule has 1 atom stereocenters. The molecule has 7 heteroatoms. The zero-order chi connectivity index (χ0) is 19.4. The standard InChI is InChI=1S/C20H23N3O3S/c1-4-23-16-9-6-5-8-14(16)15(18(23)17-10-7-11-27-17)12-21-20(25)22-13(2)19(24)26-3/h5-11,13H,4,12H2,1-3H3,(H2,21,22,25). The van der Waals surface area contributed by atoms with Crippen LogP contribution in [0.4, 0.5) is 4.79 Å². The van der Waals surface area contributed by atoms with E-state index in [2.05, 4.69) is 50.4 Å². The van der Waals surface area contributed by atoms with Crippen molar-refractivity contribution < 1.29 is 14.3 Å². The van der Waals surface area contributed by atoms with Gasteiger partial charge in [0.2, 0.25) is 0 Å². The number of nitrogens with one attached hydrogen (secondary N) is 2. The summed E-state index contributed by atoms with van der Waals surface area (Å²) in [7, 11) is 1.30. The molecule has 2 amide bonds. The average Bonchev–Trinajstić information content (AvgIpc) is 3.31. The molecule has 0 bridgehead atoms. The van der Waals surface area contributed by atoms with Crippen LogP contribution in [-0.4, -0.2) is 29.7 Å². The van der Waals surface area contributed by atoms with Crippen molar-refractivity contribution in [2.24, 2.45) is 0 Å². The smallest absolute Gasteiger partial charge is 0.328 e. The van der Waals surface area contributed by atoms with Crippen molar-refractivity contribution in [2.45, 2.75) is 33.0 Å². The summed E-state index contributed by atoms with van der Waals surface area (Å²) in [6.45, 7) is 4.90. The summed E-state index contributed by atoms with van der Waals surface area (Å²) in [6.07, 6.45) is 0. The number of hydrogen-bond donors (Lipinski definition) is 2. The molecule has 2 N–H and O–H groups in total. The van der Waals surface area contributed by atoms with Crippen molar-refractivity contribution in [1.29, 1.82) is 0 Å². The largest absolute Gasteiger partial charge is 0.467 e. The maximum atomic E-state index is 12.2. The second-order valence-electron chi connectivity index (χ2n) is 6.14. The first kappa shape index (κ1) is 19.0. The Morgan fingerprint density at radius 2 is 2.00 bits per heavy atom. The number of esters is 1. The van der Waals surface area contributed by atoms with Gasteiger partial charge >= 0.3 is 12.0 Å². The van der Waals surface area contributed by atoms with Gasteiger partial charge in [-0.05, 0) is 31.4 Å². The van der Waals surface area contributed by atoms with E-state index in [1.165, 1.54) is 7.11 Å². The maximum absolute atomic E-state index is 12.2. The molecule has 0 fully saturated rings. The molecule has 0 spiro atoms. The van der Waals surface area contributed by atoms with Gasteiger partial charge in [0.1, 0.15) is 6.04 Å². The molecule has 0 aliphatic rings. The molecule has 2 heterocycles. The van der Waals surface area contributed by atoms with E-state index in [9.17, 15) is 9.59 Å². The number of benzene rings is 1. The van der Waals surface area contributed by atoms with Crippen LogP contribution in [0.3, 0.4) is 0 Å². The Morgan fingerprint density at radius 3 is 2.67 bits per heavy atom. The van der Waals surface area contributed by atoms with Crippen LogP contribution < -0.4 is 10.6 Å². The number of nitrogens with zero attached hydrogens (tertiary/aromatic N) is 1. The van der Waals surface area contributed by atoms with Gasteiger partial charge in [-0.3, -0.25) is 0 Å². The Balaban J connectivity index is 1.91. The van der Waals surface area contributed by atoms with Gasteiger partial charge in [0.25, 0.3) is 0 Å². The molecule has 0 saturated carbocycles. The Kier molecular flexibility index (Phi) is 5.81. The molecular weight excluding hydrogens is 362 g/mol. The van der Waals surface area contributed by atoms with E-state index < -0.39 is 18.0 Å². The molecule has 0 radical (unpaired) electrons. The van der Waals surface area contributed by atoms with Gasteiger partial charge in [-0.25, -0.2) is 9.59 Å². The lowest BCUT2D eigenvalue weighted by Gasteiger charge is -2.13. The zero-order valence-corrected chi connectivity index (χ0v) is 16.4. The zero-order valence-electron chi connectivity index (χ0n) is 15.6. The summed E-state index contributed by atoms with van der Waals surface area (Å²) in [5, 5.41) is 8.63. The molecule has 0 aliphatic heterocycles.